The smallest absolute Gasteiger partial charge is 0.0991 e. The molecule has 1 spiro atoms. The Morgan fingerprint density at radius 2 is 0.950 bits per heavy atom. The van der Waals surface area contributed by atoms with Crippen LogP contribution in [0.1, 0.15) is 27.8 Å². The van der Waals surface area contributed by atoms with Gasteiger partial charge in [-0.15, -0.1) is 0 Å². The molecule has 0 aromatic heterocycles. The molecule has 0 saturated carbocycles. The Bertz CT molecular complexity index is 1950. The van der Waals surface area contributed by atoms with Crippen molar-refractivity contribution in [2.45, 2.75) is 15.2 Å². The van der Waals surface area contributed by atoms with Crippen LogP contribution in [0, 0.1) is 11.3 Å². The molecule has 0 atom stereocenters. The average molecular weight is 526 g/mol. The van der Waals surface area contributed by atoms with Crippen molar-refractivity contribution in [3.63, 3.8) is 0 Å². The molecule has 6 aromatic rings. The molecular weight excluding hydrogens is 502 g/mol. The van der Waals surface area contributed by atoms with Crippen LogP contribution in [-0.4, -0.2) is 0 Å². The van der Waals surface area contributed by atoms with Crippen LogP contribution in [0.25, 0.3) is 33.4 Å². The second-order valence-electron chi connectivity index (χ2n) is 10.4. The van der Waals surface area contributed by atoms with Crippen molar-refractivity contribution in [2.75, 3.05) is 0 Å². The predicted octanol–water partition coefficient (Wildman–Crippen LogP) is 9.72. The van der Waals surface area contributed by atoms with Crippen LogP contribution in [0.4, 0.5) is 0 Å². The van der Waals surface area contributed by atoms with Crippen molar-refractivity contribution in [1.29, 1.82) is 5.26 Å². The van der Waals surface area contributed by atoms with E-state index < -0.39 is 5.41 Å². The van der Waals surface area contributed by atoms with Gasteiger partial charge in [-0.25, -0.2) is 0 Å². The standard InChI is InChI=1S/C38H23NS/c39-24-25-17-19-26(20-18-25)27-21-22-31-29-10-2-1-9-28(29)30-11-3-4-12-32(30)38(35(31)23-27)33-13-5-7-15-36(33)40-37-16-8-6-14-34(37)38/h1-23H. The molecule has 1 aliphatic carbocycles. The van der Waals surface area contributed by atoms with Crippen LogP contribution in [0.2, 0.25) is 0 Å². The van der Waals surface area contributed by atoms with Gasteiger partial charge in [0.2, 0.25) is 0 Å². The van der Waals surface area contributed by atoms with Crippen LogP contribution in [0.3, 0.4) is 0 Å². The van der Waals surface area contributed by atoms with Crippen LogP contribution < -0.4 is 0 Å². The summed E-state index contributed by atoms with van der Waals surface area (Å²) in [7, 11) is 0. The molecule has 1 nitrogen and oxygen atoms in total. The molecule has 2 heteroatoms. The Morgan fingerprint density at radius 1 is 0.450 bits per heavy atom. The van der Waals surface area contributed by atoms with E-state index in [0.29, 0.717) is 5.56 Å². The van der Waals surface area contributed by atoms with Gasteiger partial charge in [0, 0.05) is 9.79 Å². The van der Waals surface area contributed by atoms with E-state index in [-0.39, 0.29) is 0 Å². The van der Waals surface area contributed by atoms with Crippen LogP contribution in [-0.2, 0) is 5.41 Å². The second-order valence-corrected chi connectivity index (χ2v) is 11.5. The van der Waals surface area contributed by atoms with Gasteiger partial charge in [-0.1, -0.05) is 121 Å². The van der Waals surface area contributed by atoms with E-state index in [0.717, 1.165) is 11.1 Å². The number of fused-ring (bicyclic) bond motifs is 11. The summed E-state index contributed by atoms with van der Waals surface area (Å²) in [5, 5.41) is 9.37. The number of benzene rings is 6. The largest absolute Gasteiger partial charge is 0.192 e. The molecule has 2 aliphatic rings. The summed E-state index contributed by atoms with van der Waals surface area (Å²) in [5.41, 5.74) is 12.7. The maximum atomic E-state index is 9.37. The van der Waals surface area contributed by atoms with Crippen molar-refractivity contribution < 1.29 is 0 Å². The monoisotopic (exact) mass is 525 g/mol. The minimum absolute atomic E-state index is 0.508. The quantitative estimate of drug-likeness (QED) is 0.213. The molecule has 8 rings (SSSR count). The van der Waals surface area contributed by atoms with Gasteiger partial charge in [0.15, 0.2) is 0 Å². The fourth-order valence-corrected chi connectivity index (χ4v) is 7.92. The fourth-order valence-electron chi connectivity index (χ4n) is 6.72. The Kier molecular flexibility index (Phi) is 5.11. The van der Waals surface area contributed by atoms with Gasteiger partial charge in [0.1, 0.15) is 0 Å². The maximum absolute atomic E-state index is 9.37. The summed E-state index contributed by atoms with van der Waals surface area (Å²) >= 11 is 1.86. The zero-order valence-electron chi connectivity index (χ0n) is 21.6. The highest BCUT2D eigenvalue weighted by molar-refractivity contribution is 7.99. The van der Waals surface area contributed by atoms with E-state index in [4.69, 9.17) is 0 Å². The van der Waals surface area contributed by atoms with E-state index in [9.17, 15) is 5.26 Å². The molecule has 0 amide bonds. The van der Waals surface area contributed by atoms with Crippen LogP contribution >= 0.6 is 11.8 Å². The highest BCUT2D eigenvalue weighted by atomic mass is 32.2. The minimum atomic E-state index is -0.508. The summed E-state index contributed by atoms with van der Waals surface area (Å²) in [4.78, 5) is 2.58. The Morgan fingerprint density at radius 3 is 1.57 bits per heavy atom. The molecule has 0 bridgehead atoms. The van der Waals surface area contributed by atoms with Crippen LogP contribution in [0.15, 0.2) is 149 Å². The van der Waals surface area contributed by atoms with Gasteiger partial charge in [-0.2, -0.15) is 5.26 Å². The van der Waals surface area contributed by atoms with Gasteiger partial charge in [-0.05, 0) is 86.0 Å². The van der Waals surface area contributed by atoms with Gasteiger partial charge < -0.3 is 0 Å². The molecule has 6 aromatic carbocycles. The van der Waals surface area contributed by atoms with E-state index in [1.54, 1.807) is 0 Å². The summed E-state index contributed by atoms with van der Waals surface area (Å²) < 4.78 is 0. The molecule has 1 aliphatic heterocycles. The number of nitriles is 1. The molecular formula is C38H23NS. The lowest BCUT2D eigenvalue weighted by Crippen LogP contribution is -2.34. The molecule has 40 heavy (non-hydrogen) atoms. The zero-order valence-corrected chi connectivity index (χ0v) is 22.5. The predicted molar refractivity (Wildman–Crippen MR) is 163 cm³/mol. The third-order valence-electron chi connectivity index (χ3n) is 8.41. The first-order valence-corrected chi connectivity index (χ1v) is 14.3. The van der Waals surface area contributed by atoms with E-state index in [1.807, 2.05) is 23.9 Å². The molecule has 186 valence electrons. The number of rotatable bonds is 1. The van der Waals surface area contributed by atoms with Gasteiger partial charge in [0.05, 0.1) is 17.0 Å². The third-order valence-corrected chi connectivity index (χ3v) is 9.56. The Hall–Kier alpha value is -4.84. The Labute approximate surface area is 238 Å². The first-order valence-electron chi connectivity index (χ1n) is 13.5. The number of hydrogen-bond acceptors (Lipinski definition) is 2. The summed E-state index contributed by atoms with van der Waals surface area (Å²) in [5.74, 6) is 0. The second kappa shape index (κ2) is 8.85. The first kappa shape index (κ1) is 23.1. The van der Waals surface area contributed by atoms with E-state index in [1.165, 1.54) is 54.3 Å². The molecule has 0 saturated heterocycles. The highest BCUT2D eigenvalue weighted by Gasteiger charge is 2.48. The Balaban J connectivity index is 1.57. The average Bonchev–Trinajstić information content (AvgIpc) is 3.13. The SMILES string of the molecule is N#Cc1ccc(-c2ccc3c(c2)C2(c4ccccc4Sc4ccccc42)c2ccccc2-c2ccccc2-3)cc1. The number of hydrogen-bond donors (Lipinski definition) is 0. The summed E-state index contributed by atoms with van der Waals surface area (Å²) in [6, 6.07) is 52.8. The fraction of sp³-hybridized carbons (Fsp3) is 0.0263. The molecule has 0 fully saturated rings. The van der Waals surface area contributed by atoms with Gasteiger partial charge >= 0.3 is 0 Å². The highest BCUT2D eigenvalue weighted by Crippen LogP contribution is 2.61. The lowest BCUT2D eigenvalue weighted by atomic mass is 9.63. The van der Waals surface area contributed by atoms with Crippen molar-refractivity contribution >= 4 is 11.8 Å². The summed E-state index contributed by atoms with van der Waals surface area (Å²) in [6.07, 6.45) is 0. The van der Waals surface area contributed by atoms with E-state index >= 15 is 0 Å². The van der Waals surface area contributed by atoms with Crippen molar-refractivity contribution in [2.24, 2.45) is 0 Å². The molecule has 1 heterocycles. The van der Waals surface area contributed by atoms with Crippen molar-refractivity contribution in [3.05, 3.63) is 167 Å². The lowest BCUT2D eigenvalue weighted by Gasteiger charge is -2.43. The zero-order chi connectivity index (χ0) is 26.7. The number of nitrogens with zero attached hydrogens (tertiary/aromatic N) is 1. The topological polar surface area (TPSA) is 23.8 Å². The van der Waals surface area contributed by atoms with Crippen molar-refractivity contribution in [3.8, 4) is 39.4 Å². The third kappa shape index (κ3) is 3.16. The molecule has 0 N–H and O–H groups in total. The first-order chi connectivity index (χ1) is 19.8. The summed E-state index contributed by atoms with van der Waals surface area (Å²) in [6.45, 7) is 0. The maximum Gasteiger partial charge on any atom is 0.0991 e. The van der Waals surface area contributed by atoms with Crippen molar-refractivity contribution in [1.82, 2.24) is 0 Å². The normalized spacial score (nSPS) is 13.6. The molecule has 0 radical (unpaired) electrons. The molecule has 0 unspecified atom stereocenters. The minimum Gasteiger partial charge on any atom is -0.192 e. The van der Waals surface area contributed by atoms with Crippen LogP contribution in [0.5, 0.6) is 0 Å². The van der Waals surface area contributed by atoms with E-state index in [2.05, 4.69) is 133 Å². The lowest BCUT2D eigenvalue weighted by molar-refractivity contribution is 0.708. The van der Waals surface area contributed by atoms with Gasteiger partial charge in [-0.3, -0.25) is 0 Å². The van der Waals surface area contributed by atoms with Gasteiger partial charge in [0.25, 0.3) is 0 Å².